The maximum absolute atomic E-state index is 12.6. The van der Waals surface area contributed by atoms with Gasteiger partial charge in [-0.25, -0.2) is 4.79 Å². The first-order valence-electron chi connectivity index (χ1n) is 10.1. The minimum atomic E-state index is -0.437. The first-order chi connectivity index (χ1) is 11.8. The van der Waals surface area contributed by atoms with E-state index in [0.29, 0.717) is 6.04 Å². The molecule has 0 radical (unpaired) electrons. The van der Waals surface area contributed by atoms with Gasteiger partial charge in [0.15, 0.2) is 0 Å². The lowest BCUT2D eigenvalue weighted by Gasteiger charge is -2.73. The lowest BCUT2D eigenvalue weighted by molar-refractivity contribution is -0.153. The second-order valence-corrected chi connectivity index (χ2v) is 11.2. The molecule has 2 saturated heterocycles. The van der Waals surface area contributed by atoms with Crippen LogP contribution in [-0.2, 0) is 14.0 Å². The van der Waals surface area contributed by atoms with E-state index < -0.39 is 5.60 Å². The summed E-state index contributed by atoms with van der Waals surface area (Å²) in [7, 11) is -0.106. The summed E-state index contributed by atoms with van der Waals surface area (Å²) in [5, 5.41) is 0.160. The number of nitrogens with zero attached hydrogens (tertiary/aromatic N) is 1. The van der Waals surface area contributed by atoms with Crippen molar-refractivity contribution >= 4 is 13.2 Å². The second kappa shape index (κ2) is 5.19. The van der Waals surface area contributed by atoms with Gasteiger partial charge in [-0.2, -0.15) is 0 Å². The fraction of sp³-hybridized carbons (Fsp3) is 0.950. The van der Waals surface area contributed by atoms with Crippen LogP contribution in [0.25, 0.3) is 0 Å². The van der Waals surface area contributed by atoms with Crippen molar-refractivity contribution in [3.8, 4) is 0 Å². The van der Waals surface area contributed by atoms with E-state index in [4.69, 9.17) is 14.0 Å². The molecule has 3 saturated carbocycles. The number of carbonyl (C=O) groups excluding carboxylic acids is 1. The molecule has 5 aliphatic rings. The van der Waals surface area contributed by atoms with Crippen molar-refractivity contribution in [2.45, 2.75) is 109 Å². The topological polar surface area (TPSA) is 48.0 Å². The Bertz CT molecular complexity index is 588. The highest BCUT2D eigenvalue weighted by atomic mass is 16.7. The van der Waals surface area contributed by atoms with E-state index in [-0.39, 0.29) is 35.1 Å². The molecule has 2 bridgehead atoms. The summed E-state index contributed by atoms with van der Waals surface area (Å²) in [6.45, 7) is 15.1. The van der Waals surface area contributed by atoms with Crippen molar-refractivity contribution in [2.75, 3.05) is 6.54 Å². The van der Waals surface area contributed by atoms with Crippen molar-refractivity contribution in [1.82, 2.24) is 4.90 Å². The third kappa shape index (κ3) is 2.55. The van der Waals surface area contributed by atoms with Crippen molar-refractivity contribution in [1.29, 1.82) is 0 Å². The third-order valence-electron chi connectivity index (χ3n) is 7.45. The number of hydrogen-bond acceptors (Lipinski definition) is 4. The number of carbonyl (C=O) groups is 1. The summed E-state index contributed by atoms with van der Waals surface area (Å²) in [6.07, 6.45) is 5.37. The molecule has 0 aromatic rings. The highest BCUT2D eigenvalue weighted by Gasteiger charge is 2.79. The van der Waals surface area contributed by atoms with Crippen LogP contribution in [0.15, 0.2) is 0 Å². The molecule has 146 valence electrons. The standard InChI is InChI=1S/C20H34BNO4/c1-16(2,3)24-15(23)22-10-8-9-14(22)19-11-20(12-19,13-19)21-25-17(4,5)18(6,7)26-21/h14H,8-13H2,1-7H3. The van der Waals surface area contributed by atoms with Crippen LogP contribution in [-0.4, -0.2) is 47.5 Å². The number of ether oxygens (including phenoxy) is 1. The van der Waals surface area contributed by atoms with Crippen LogP contribution in [0.5, 0.6) is 0 Å². The number of likely N-dealkylation sites (tertiary alicyclic amines) is 1. The third-order valence-corrected chi connectivity index (χ3v) is 7.45. The Morgan fingerprint density at radius 1 is 1.08 bits per heavy atom. The first-order valence-corrected chi connectivity index (χ1v) is 10.1. The maximum Gasteiger partial charge on any atom is 0.464 e. The van der Waals surface area contributed by atoms with Gasteiger partial charge in [0, 0.05) is 17.9 Å². The Morgan fingerprint density at radius 2 is 1.62 bits per heavy atom. The molecule has 0 spiro atoms. The van der Waals surface area contributed by atoms with Crippen LogP contribution >= 0.6 is 0 Å². The van der Waals surface area contributed by atoms with E-state index in [0.717, 1.165) is 38.6 Å². The monoisotopic (exact) mass is 363 g/mol. The zero-order valence-electron chi connectivity index (χ0n) is 17.5. The van der Waals surface area contributed by atoms with Gasteiger partial charge in [0.1, 0.15) is 5.60 Å². The lowest BCUT2D eigenvalue weighted by Crippen LogP contribution is -2.70. The van der Waals surface area contributed by atoms with E-state index >= 15 is 0 Å². The minimum Gasteiger partial charge on any atom is -0.444 e. The fourth-order valence-corrected chi connectivity index (χ4v) is 5.59. The van der Waals surface area contributed by atoms with E-state index in [1.807, 2.05) is 25.7 Å². The van der Waals surface area contributed by atoms with Gasteiger partial charge in [-0.05, 0) is 86.0 Å². The predicted molar refractivity (Wildman–Crippen MR) is 101 cm³/mol. The maximum atomic E-state index is 12.6. The predicted octanol–water partition coefficient (Wildman–Crippen LogP) is 4.40. The van der Waals surface area contributed by atoms with E-state index in [9.17, 15) is 4.79 Å². The SMILES string of the molecule is CC(C)(C)OC(=O)N1CCCC1C12CC(B3OC(C)(C)C(C)(C)O3)(C1)C2. The Hall–Kier alpha value is -0.745. The Balaban J connectivity index is 1.41. The van der Waals surface area contributed by atoms with Crippen molar-refractivity contribution in [3.63, 3.8) is 0 Å². The van der Waals surface area contributed by atoms with Crippen LogP contribution in [0.2, 0.25) is 5.31 Å². The molecule has 5 rings (SSSR count). The molecular formula is C20H34BNO4. The van der Waals surface area contributed by atoms with Gasteiger partial charge in [-0.15, -0.1) is 0 Å². The van der Waals surface area contributed by atoms with Gasteiger partial charge in [0.2, 0.25) is 0 Å². The summed E-state index contributed by atoms with van der Waals surface area (Å²) in [4.78, 5) is 14.6. The number of rotatable bonds is 2. The zero-order valence-corrected chi connectivity index (χ0v) is 17.5. The first kappa shape index (κ1) is 18.6. The summed E-state index contributed by atoms with van der Waals surface area (Å²) >= 11 is 0. The quantitative estimate of drug-likeness (QED) is 0.682. The molecule has 26 heavy (non-hydrogen) atoms. The van der Waals surface area contributed by atoms with Gasteiger partial charge < -0.3 is 18.9 Å². The van der Waals surface area contributed by atoms with Crippen LogP contribution in [0.1, 0.15) is 80.6 Å². The largest absolute Gasteiger partial charge is 0.464 e. The summed E-state index contributed by atoms with van der Waals surface area (Å²) < 4.78 is 18.3. The van der Waals surface area contributed by atoms with Gasteiger partial charge in [0.05, 0.1) is 11.2 Å². The van der Waals surface area contributed by atoms with Crippen molar-refractivity contribution in [2.24, 2.45) is 5.41 Å². The fourth-order valence-electron chi connectivity index (χ4n) is 5.59. The molecule has 2 heterocycles. The molecule has 5 nitrogen and oxygen atoms in total. The Labute approximate surface area is 158 Å². The molecule has 0 aromatic carbocycles. The van der Waals surface area contributed by atoms with Crippen LogP contribution in [0.4, 0.5) is 4.79 Å². The van der Waals surface area contributed by atoms with E-state index in [2.05, 4.69) is 27.7 Å². The molecule has 5 fully saturated rings. The molecule has 0 aromatic heterocycles. The average Bonchev–Trinajstić information content (AvgIpc) is 2.88. The summed E-state index contributed by atoms with van der Waals surface area (Å²) in [6, 6.07) is 0.321. The highest BCUT2D eigenvalue weighted by molar-refractivity contribution is 6.51. The Kier molecular flexibility index (Phi) is 3.72. The van der Waals surface area contributed by atoms with Gasteiger partial charge in [0.25, 0.3) is 0 Å². The van der Waals surface area contributed by atoms with Crippen LogP contribution in [0.3, 0.4) is 0 Å². The second-order valence-electron chi connectivity index (χ2n) is 11.2. The summed E-state index contributed by atoms with van der Waals surface area (Å²) in [5.41, 5.74) is -0.711. The minimum absolute atomic E-state index is 0.106. The van der Waals surface area contributed by atoms with E-state index in [1.54, 1.807) is 0 Å². The van der Waals surface area contributed by atoms with Crippen LogP contribution < -0.4 is 0 Å². The zero-order chi connectivity index (χ0) is 19.2. The highest BCUT2D eigenvalue weighted by Crippen LogP contribution is 2.82. The Morgan fingerprint density at radius 3 is 2.12 bits per heavy atom. The van der Waals surface area contributed by atoms with Crippen molar-refractivity contribution < 1.29 is 18.8 Å². The molecule has 3 aliphatic carbocycles. The van der Waals surface area contributed by atoms with Crippen LogP contribution in [0, 0.1) is 5.41 Å². The molecule has 1 atom stereocenters. The lowest BCUT2D eigenvalue weighted by atomic mass is 9.23. The average molecular weight is 363 g/mol. The summed E-state index contributed by atoms with van der Waals surface area (Å²) in [5.74, 6) is 0. The van der Waals surface area contributed by atoms with Gasteiger partial charge in [-0.3, -0.25) is 0 Å². The number of amides is 1. The number of hydrogen-bond donors (Lipinski definition) is 0. The molecule has 2 aliphatic heterocycles. The van der Waals surface area contributed by atoms with Gasteiger partial charge >= 0.3 is 13.2 Å². The molecule has 0 N–H and O–H groups in total. The molecule has 1 unspecified atom stereocenters. The normalized spacial score (nSPS) is 40.2. The van der Waals surface area contributed by atoms with Crippen molar-refractivity contribution in [3.05, 3.63) is 0 Å². The van der Waals surface area contributed by atoms with E-state index in [1.165, 1.54) is 0 Å². The molecule has 6 heteroatoms. The van der Waals surface area contributed by atoms with Gasteiger partial charge in [-0.1, -0.05) is 0 Å². The smallest absolute Gasteiger partial charge is 0.444 e. The molecule has 1 amide bonds. The molecular weight excluding hydrogens is 329 g/mol.